The maximum Gasteiger partial charge on any atom is 0.278 e. The molecule has 0 spiro atoms. The zero-order valence-electron chi connectivity index (χ0n) is 17.8. The van der Waals surface area contributed by atoms with Crippen LogP contribution in [0.25, 0.3) is 11.3 Å². The Morgan fingerprint density at radius 3 is 2.66 bits per heavy atom. The number of nitrogens with two attached hydrogens (primary N) is 1. The Morgan fingerprint density at radius 2 is 1.94 bits per heavy atom. The van der Waals surface area contributed by atoms with E-state index in [4.69, 9.17) is 10.2 Å². The van der Waals surface area contributed by atoms with Crippen LogP contribution in [0, 0.1) is 11.2 Å². The van der Waals surface area contributed by atoms with Crippen LogP contribution < -0.4 is 11.1 Å². The Balaban J connectivity index is 1.66. The van der Waals surface area contributed by atoms with Gasteiger partial charge in [-0.05, 0) is 32.0 Å². The molecule has 164 valence electrons. The molecule has 32 heavy (non-hydrogen) atoms. The van der Waals surface area contributed by atoms with Crippen LogP contribution in [0.2, 0.25) is 0 Å². The standard InChI is InChI=1S/C23H22FN5O3/c1-23(2)19(28-22(25)29(3)21(23)31)15-11-14(9-10-16(15)24)27-20(30)17-18(32-12-26-17)13-7-5-4-6-8-13/h4-12,19H,1-3H3,(H2,25,28)(H,27,30). The molecule has 9 heteroatoms. The lowest BCUT2D eigenvalue weighted by atomic mass is 9.78. The third-order valence-electron chi connectivity index (χ3n) is 5.51. The summed E-state index contributed by atoms with van der Waals surface area (Å²) in [6.07, 6.45) is 1.19. The van der Waals surface area contributed by atoms with Gasteiger partial charge in [-0.15, -0.1) is 0 Å². The number of benzene rings is 2. The van der Waals surface area contributed by atoms with Gasteiger partial charge in [-0.3, -0.25) is 14.5 Å². The summed E-state index contributed by atoms with van der Waals surface area (Å²) < 4.78 is 20.2. The maximum atomic E-state index is 14.8. The smallest absolute Gasteiger partial charge is 0.278 e. The highest BCUT2D eigenvalue weighted by Crippen LogP contribution is 2.42. The van der Waals surface area contributed by atoms with E-state index in [2.05, 4.69) is 15.3 Å². The van der Waals surface area contributed by atoms with Crippen molar-refractivity contribution in [3.05, 3.63) is 72.0 Å². The molecule has 0 bridgehead atoms. The molecule has 1 aliphatic rings. The highest BCUT2D eigenvalue weighted by molar-refractivity contribution is 6.06. The molecule has 0 saturated carbocycles. The van der Waals surface area contributed by atoms with Crippen LogP contribution in [0.5, 0.6) is 0 Å². The molecule has 2 heterocycles. The first-order valence-electron chi connectivity index (χ1n) is 9.91. The van der Waals surface area contributed by atoms with E-state index in [1.807, 2.05) is 18.2 Å². The molecule has 4 rings (SSSR count). The van der Waals surface area contributed by atoms with Crippen molar-refractivity contribution >= 4 is 23.5 Å². The number of aromatic nitrogens is 1. The number of hydrogen-bond donors (Lipinski definition) is 2. The minimum Gasteiger partial charge on any atom is -0.443 e. The van der Waals surface area contributed by atoms with E-state index in [9.17, 15) is 14.0 Å². The highest BCUT2D eigenvalue weighted by Gasteiger charge is 2.45. The van der Waals surface area contributed by atoms with Gasteiger partial charge < -0.3 is 15.5 Å². The molecular formula is C23H22FN5O3. The summed E-state index contributed by atoms with van der Waals surface area (Å²) in [5.41, 5.74) is 6.11. The van der Waals surface area contributed by atoms with Gasteiger partial charge in [0.15, 0.2) is 23.8 Å². The van der Waals surface area contributed by atoms with Crippen LogP contribution in [-0.4, -0.2) is 34.7 Å². The summed E-state index contributed by atoms with van der Waals surface area (Å²) in [7, 11) is 1.52. The highest BCUT2D eigenvalue weighted by atomic mass is 19.1. The molecule has 3 aromatic rings. The summed E-state index contributed by atoms with van der Waals surface area (Å²) >= 11 is 0. The number of carbonyl (C=O) groups is 2. The van der Waals surface area contributed by atoms with E-state index < -0.39 is 23.2 Å². The largest absolute Gasteiger partial charge is 0.443 e. The summed E-state index contributed by atoms with van der Waals surface area (Å²) in [5.74, 6) is -1.02. The average Bonchev–Trinajstić information content (AvgIpc) is 3.27. The molecule has 0 radical (unpaired) electrons. The second-order valence-corrected chi connectivity index (χ2v) is 8.06. The number of carbonyl (C=O) groups excluding carboxylic acids is 2. The molecule has 8 nitrogen and oxygen atoms in total. The number of rotatable bonds is 4. The van der Waals surface area contributed by atoms with Crippen molar-refractivity contribution in [2.45, 2.75) is 19.9 Å². The van der Waals surface area contributed by atoms with E-state index in [-0.39, 0.29) is 23.1 Å². The predicted molar refractivity (Wildman–Crippen MR) is 117 cm³/mol. The first kappa shape index (κ1) is 21.2. The molecule has 1 atom stereocenters. The topological polar surface area (TPSA) is 114 Å². The summed E-state index contributed by atoms with van der Waals surface area (Å²) in [5, 5.41) is 2.72. The van der Waals surface area contributed by atoms with Gasteiger partial charge in [0, 0.05) is 23.9 Å². The number of amides is 2. The predicted octanol–water partition coefficient (Wildman–Crippen LogP) is 3.59. The minimum atomic E-state index is -1.03. The molecule has 2 aromatic carbocycles. The Bertz CT molecular complexity index is 1220. The second kappa shape index (κ2) is 7.92. The van der Waals surface area contributed by atoms with Crippen molar-refractivity contribution in [3.8, 4) is 11.3 Å². The van der Waals surface area contributed by atoms with Gasteiger partial charge in [-0.25, -0.2) is 14.4 Å². The molecule has 0 aliphatic carbocycles. The van der Waals surface area contributed by atoms with E-state index in [1.165, 1.54) is 36.5 Å². The third kappa shape index (κ3) is 3.62. The fraction of sp³-hybridized carbons (Fsp3) is 0.217. The van der Waals surface area contributed by atoms with E-state index in [0.29, 0.717) is 17.0 Å². The lowest BCUT2D eigenvalue weighted by Crippen LogP contribution is -2.51. The van der Waals surface area contributed by atoms with E-state index >= 15 is 0 Å². The number of aliphatic imine (C=N–C) groups is 1. The van der Waals surface area contributed by atoms with Gasteiger partial charge in [0.25, 0.3) is 5.91 Å². The lowest BCUT2D eigenvalue weighted by Gasteiger charge is -2.38. The minimum absolute atomic E-state index is 0.00302. The Labute approximate surface area is 184 Å². The number of guanidine groups is 1. The quantitative estimate of drug-likeness (QED) is 0.650. The molecule has 0 fully saturated rings. The SMILES string of the molecule is CN1C(=O)C(C)(C)C(c2cc(NC(=O)c3ncoc3-c3ccccc3)ccc2F)N=C1N. The van der Waals surface area contributed by atoms with Gasteiger partial charge in [0.05, 0.1) is 11.5 Å². The summed E-state index contributed by atoms with van der Waals surface area (Å²) in [6.45, 7) is 3.36. The van der Waals surface area contributed by atoms with Gasteiger partial charge in [0.2, 0.25) is 5.91 Å². The Hall–Kier alpha value is -4.01. The molecule has 1 aromatic heterocycles. The number of anilines is 1. The molecule has 3 N–H and O–H groups in total. The first-order valence-corrected chi connectivity index (χ1v) is 9.91. The zero-order valence-corrected chi connectivity index (χ0v) is 17.8. The molecule has 2 amide bonds. The van der Waals surface area contributed by atoms with Crippen LogP contribution >= 0.6 is 0 Å². The van der Waals surface area contributed by atoms with Crippen molar-refractivity contribution in [1.29, 1.82) is 0 Å². The van der Waals surface area contributed by atoms with Crippen molar-refractivity contribution in [1.82, 2.24) is 9.88 Å². The number of nitrogens with one attached hydrogen (secondary N) is 1. The van der Waals surface area contributed by atoms with Crippen LogP contribution in [-0.2, 0) is 4.79 Å². The number of nitrogens with zero attached hydrogens (tertiary/aromatic N) is 3. The maximum absolute atomic E-state index is 14.8. The third-order valence-corrected chi connectivity index (χ3v) is 5.51. The Morgan fingerprint density at radius 1 is 1.22 bits per heavy atom. The van der Waals surface area contributed by atoms with E-state index in [0.717, 1.165) is 0 Å². The van der Waals surface area contributed by atoms with Crippen molar-refractivity contribution in [3.63, 3.8) is 0 Å². The van der Waals surface area contributed by atoms with Gasteiger partial charge in [-0.1, -0.05) is 30.3 Å². The fourth-order valence-corrected chi connectivity index (χ4v) is 3.72. The van der Waals surface area contributed by atoms with Gasteiger partial charge >= 0.3 is 0 Å². The van der Waals surface area contributed by atoms with Crippen LogP contribution in [0.15, 0.2) is 64.3 Å². The lowest BCUT2D eigenvalue weighted by molar-refractivity contribution is -0.137. The van der Waals surface area contributed by atoms with Crippen LogP contribution in [0.4, 0.5) is 10.1 Å². The van der Waals surface area contributed by atoms with E-state index in [1.54, 1.807) is 26.0 Å². The summed E-state index contributed by atoms with van der Waals surface area (Å²) in [4.78, 5) is 35.2. The monoisotopic (exact) mass is 435 g/mol. The normalized spacial score (nSPS) is 17.8. The van der Waals surface area contributed by atoms with Crippen molar-refractivity contribution in [2.24, 2.45) is 16.1 Å². The number of hydrogen-bond acceptors (Lipinski definition) is 6. The Kier molecular flexibility index (Phi) is 5.25. The van der Waals surface area contributed by atoms with Crippen LogP contribution in [0.1, 0.15) is 35.9 Å². The molecule has 1 aliphatic heterocycles. The van der Waals surface area contributed by atoms with Crippen molar-refractivity contribution < 1.29 is 18.4 Å². The molecule has 0 saturated heterocycles. The van der Waals surface area contributed by atoms with Crippen molar-refractivity contribution in [2.75, 3.05) is 12.4 Å². The van der Waals surface area contributed by atoms with Crippen LogP contribution in [0.3, 0.4) is 0 Å². The van der Waals surface area contributed by atoms with Gasteiger partial charge in [0.1, 0.15) is 5.82 Å². The average molecular weight is 435 g/mol. The van der Waals surface area contributed by atoms with Gasteiger partial charge in [-0.2, -0.15) is 0 Å². The number of oxazole rings is 1. The first-order chi connectivity index (χ1) is 15.2. The zero-order chi connectivity index (χ0) is 23.0. The second-order valence-electron chi connectivity index (χ2n) is 8.06. The fourth-order valence-electron chi connectivity index (χ4n) is 3.72. The number of halogens is 1. The molecule has 1 unspecified atom stereocenters. The molecular weight excluding hydrogens is 413 g/mol. The summed E-state index contributed by atoms with van der Waals surface area (Å²) in [6, 6.07) is 12.3.